The molecule has 0 saturated carbocycles. The van der Waals surface area contributed by atoms with Crippen molar-refractivity contribution in [2.75, 3.05) is 11.3 Å². The summed E-state index contributed by atoms with van der Waals surface area (Å²) in [4.78, 5) is 0.142. The fourth-order valence-electron chi connectivity index (χ4n) is 1.63. The summed E-state index contributed by atoms with van der Waals surface area (Å²) < 4.78 is 27.0. The van der Waals surface area contributed by atoms with Crippen molar-refractivity contribution in [3.8, 4) is 11.8 Å². The number of nitrogens with zero attached hydrogens (tertiary/aromatic N) is 1. The number of hydrogen-bond acceptors (Lipinski definition) is 4. The first-order valence-electron chi connectivity index (χ1n) is 5.75. The third kappa shape index (κ3) is 3.17. The van der Waals surface area contributed by atoms with Gasteiger partial charge >= 0.3 is 0 Å². The minimum Gasteiger partial charge on any atom is -0.384 e. The number of nitrogens with one attached hydrogen (secondary N) is 2. The Labute approximate surface area is 116 Å². The van der Waals surface area contributed by atoms with Crippen LogP contribution in [0.15, 0.2) is 35.5 Å². The molecule has 0 atom stereocenters. The van der Waals surface area contributed by atoms with Gasteiger partial charge in [0.05, 0.1) is 16.8 Å². The minimum atomic E-state index is -3.70. The molecule has 1 aromatic heterocycles. The van der Waals surface area contributed by atoms with Gasteiger partial charge in [0.25, 0.3) is 10.0 Å². The van der Waals surface area contributed by atoms with E-state index >= 15 is 0 Å². The largest absolute Gasteiger partial charge is 0.384 e. The van der Waals surface area contributed by atoms with Crippen LogP contribution in [0.5, 0.6) is 0 Å². The van der Waals surface area contributed by atoms with E-state index in [-0.39, 0.29) is 11.5 Å². The quantitative estimate of drug-likeness (QED) is 0.731. The Morgan fingerprint density at radius 1 is 1.45 bits per heavy atom. The molecule has 0 unspecified atom stereocenters. The van der Waals surface area contributed by atoms with Crippen LogP contribution in [0.25, 0.3) is 0 Å². The highest BCUT2D eigenvalue weighted by Gasteiger charge is 2.17. The van der Waals surface area contributed by atoms with Crippen molar-refractivity contribution in [2.45, 2.75) is 11.8 Å². The number of aryl methyl sites for hydroxylation is 1. The number of aromatic nitrogens is 2. The molecule has 104 valence electrons. The predicted octanol–water partition coefficient (Wildman–Crippen LogP) is 0.863. The van der Waals surface area contributed by atoms with E-state index in [4.69, 9.17) is 5.11 Å². The Morgan fingerprint density at radius 3 is 2.90 bits per heavy atom. The lowest BCUT2D eigenvalue weighted by atomic mass is 10.1. The van der Waals surface area contributed by atoms with Gasteiger partial charge in [0.1, 0.15) is 6.61 Å². The molecule has 2 aromatic rings. The molecule has 1 heterocycles. The molecule has 6 nitrogen and oxygen atoms in total. The van der Waals surface area contributed by atoms with Gasteiger partial charge in [-0.15, -0.1) is 0 Å². The van der Waals surface area contributed by atoms with Crippen LogP contribution in [0.2, 0.25) is 0 Å². The number of sulfonamides is 1. The van der Waals surface area contributed by atoms with E-state index in [0.717, 1.165) is 0 Å². The lowest BCUT2D eigenvalue weighted by Crippen LogP contribution is -2.14. The summed E-state index contributed by atoms with van der Waals surface area (Å²) >= 11 is 0. The zero-order valence-electron chi connectivity index (χ0n) is 10.7. The Morgan fingerprint density at radius 2 is 2.25 bits per heavy atom. The van der Waals surface area contributed by atoms with Crippen LogP contribution in [-0.2, 0) is 10.0 Å². The van der Waals surface area contributed by atoms with Gasteiger partial charge in [-0.25, -0.2) is 8.42 Å². The van der Waals surface area contributed by atoms with E-state index in [2.05, 4.69) is 26.8 Å². The number of aromatic amines is 1. The van der Waals surface area contributed by atoms with Gasteiger partial charge in [-0.05, 0) is 24.6 Å². The third-order valence-corrected chi connectivity index (χ3v) is 4.06. The SMILES string of the molecule is Cc1ccc(C#CCO)cc1S(=O)(=O)Nc1cn[nH]c1. The van der Waals surface area contributed by atoms with Crippen LogP contribution in [0.3, 0.4) is 0 Å². The first kappa shape index (κ1) is 14.1. The third-order valence-electron chi connectivity index (χ3n) is 2.54. The second-order valence-corrected chi connectivity index (χ2v) is 5.68. The van der Waals surface area contributed by atoms with Gasteiger partial charge in [0.2, 0.25) is 0 Å². The summed E-state index contributed by atoms with van der Waals surface area (Å²) in [6, 6.07) is 4.85. The molecular formula is C13H13N3O3S. The predicted molar refractivity (Wildman–Crippen MR) is 74.5 cm³/mol. The van der Waals surface area contributed by atoms with Gasteiger partial charge in [0, 0.05) is 11.8 Å². The minimum absolute atomic E-state index is 0.142. The summed E-state index contributed by atoms with van der Waals surface area (Å²) in [7, 11) is -3.70. The monoisotopic (exact) mass is 291 g/mol. The fourth-order valence-corrected chi connectivity index (χ4v) is 2.93. The molecule has 0 spiro atoms. The van der Waals surface area contributed by atoms with E-state index in [1.54, 1.807) is 19.1 Å². The molecule has 2 rings (SSSR count). The molecular weight excluding hydrogens is 278 g/mol. The Bertz CT molecular complexity index is 756. The number of anilines is 1. The Balaban J connectivity index is 2.40. The van der Waals surface area contributed by atoms with Gasteiger partial charge in [-0.2, -0.15) is 5.10 Å². The molecule has 0 saturated heterocycles. The first-order chi connectivity index (χ1) is 9.53. The number of benzene rings is 1. The van der Waals surface area contributed by atoms with Gasteiger partial charge in [-0.3, -0.25) is 9.82 Å². The van der Waals surface area contributed by atoms with E-state index in [0.29, 0.717) is 16.8 Å². The van der Waals surface area contributed by atoms with E-state index in [9.17, 15) is 8.42 Å². The topological polar surface area (TPSA) is 95.1 Å². The first-order valence-corrected chi connectivity index (χ1v) is 7.23. The number of aliphatic hydroxyl groups excluding tert-OH is 1. The maximum absolute atomic E-state index is 12.3. The molecule has 1 aromatic carbocycles. The van der Waals surface area contributed by atoms with Crippen LogP contribution in [0, 0.1) is 18.8 Å². The maximum atomic E-state index is 12.3. The highest BCUT2D eigenvalue weighted by atomic mass is 32.2. The van der Waals surface area contributed by atoms with Crippen molar-refractivity contribution in [3.63, 3.8) is 0 Å². The highest BCUT2D eigenvalue weighted by Crippen LogP contribution is 2.19. The van der Waals surface area contributed by atoms with Gasteiger partial charge in [0.15, 0.2) is 0 Å². The Hall–Kier alpha value is -2.30. The van der Waals surface area contributed by atoms with Crippen LogP contribution >= 0.6 is 0 Å². The lowest BCUT2D eigenvalue weighted by molar-refractivity contribution is 0.350. The number of H-pyrrole nitrogens is 1. The van der Waals surface area contributed by atoms with E-state index < -0.39 is 10.0 Å². The standard InChI is InChI=1S/C13H13N3O3S/c1-10-4-5-11(3-2-6-17)7-13(10)20(18,19)16-12-8-14-15-9-12/h4-5,7-9,16-17H,6H2,1H3,(H,14,15). The lowest BCUT2D eigenvalue weighted by Gasteiger charge is -2.09. The summed E-state index contributed by atoms with van der Waals surface area (Å²) in [6.45, 7) is 1.43. The zero-order valence-corrected chi connectivity index (χ0v) is 11.5. The molecule has 7 heteroatoms. The van der Waals surface area contributed by atoms with Crippen LogP contribution < -0.4 is 4.72 Å². The summed E-state index contributed by atoms with van der Waals surface area (Å²) in [5, 5.41) is 14.9. The second kappa shape index (κ2) is 5.77. The van der Waals surface area contributed by atoms with Crippen molar-refractivity contribution in [2.24, 2.45) is 0 Å². The highest BCUT2D eigenvalue weighted by molar-refractivity contribution is 7.92. The molecule has 0 aliphatic rings. The molecule has 0 bridgehead atoms. The summed E-state index contributed by atoms with van der Waals surface area (Å²) in [5.74, 6) is 5.17. The molecule has 0 radical (unpaired) electrons. The fraction of sp³-hybridized carbons (Fsp3) is 0.154. The normalized spacial score (nSPS) is 10.7. The number of hydrogen-bond donors (Lipinski definition) is 3. The smallest absolute Gasteiger partial charge is 0.262 e. The van der Waals surface area contributed by atoms with E-state index in [1.807, 2.05) is 0 Å². The molecule has 0 fully saturated rings. The van der Waals surface area contributed by atoms with Gasteiger partial charge < -0.3 is 5.11 Å². The summed E-state index contributed by atoms with van der Waals surface area (Å²) in [6.07, 6.45) is 2.82. The molecule has 20 heavy (non-hydrogen) atoms. The zero-order chi connectivity index (χ0) is 14.6. The van der Waals surface area contributed by atoms with Crippen molar-refractivity contribution < 1.29 is 13.5 Å². The van der Waals surface area contributed by atoms with Crippen LogP contribution in [-0.4, -0.2) is 30.3 Å². The molecule has 0 aliphatic heterocycles. The molecule has 0 amide bonds. The van der Waals surface area contributed by atoms with Crippen LogP contribution in [0.1, 0.15) is 11.1 Å². The number of rotatable bonds is 3. The van der Waals surface area contributed by atoms with E-state index in [1.165, 1.54) is 18.5 Å². The summed E-state index contributed by atoms with van der Waals surface area (Å²) in [5.41, 5.74) is 1.49. The van der Waals surface area contributed by atoms with Crippen molar-refractivity contribution in [1.82, 2.24) is 10.2 Å². The Kier molecular flexibility index (Phi) is 4.08. The molecule has 0 aliphatic carbocycles. The average Bonchev–Trinajstić information content (AvgIpc) is 2.89. The second-order valence-electron chi connectivity index (χ2n) is 4.03. The van der Waals surface area contributed by atoms with Crippen LogP contribution in [0.4, 0.5) is 5.69 Å². The maximum Gasteiger partial charge on any atom is 0.262 e. The molecule has 3 N–H and O–H groups in total. The van der Waals surface area contributed by atoms with Crippen molar-refractivity contribution in [3.05, 3.63) is 41.7 Å². The van der Waals surface area contributed by atoms with Crippen molar-refractivity contribution >= 4 is 15.7 Å². The van der Waals surface area contributed by atoms with Crippen molar-refractivity contribution in [1.29, 1.82) is 0 Å². The number of aliphatic hydroxyl groups is 1. The average molecular weight is 291 g/mol. The van der Waals surface area contributed by atoms with Gasteiger partial charge in [-0.1, -0.05) is 17.9 Å².